The number of carbonyl (C=O) groups excluding carboxylic acids is 2. The summed E-state index contributed by atoms with van der Waals surface area (Å²) in [5.41, 5.74) is 0.634. The van der Waals surface area contributed by atoms with E-state index in [9.17, 15) is 9.59 Å². The van der Waals surface area contributed by atoms with E-state index in [-0.39, 0.29) is 29.7 Å². The highest BCUT2D eigenvalue weighted by Gasteiger charge is 2.48. The Balaban J connectivity index is 1.93. The van der Waals surface area contributed by atoms with Crippen LogP contribution in [0.4, 0.5) is 5.69 Å². The molecule has 0 bridgehead atoms. The lowest BCUT2D eigenvalue weighted by Gasteiger charge is -2.10. The van der Waals surface area contributed by atoms with Crippen LogP contribution in [0, 0.1) is 11.8 Å². The van der Waals surface area contributed by atoms with Crippen LogP contribution >= 0.6 is 0 Å². The van der Waals surface area contributed by atoms with Crippen molar-refractivity contribution < 1.29 is 14.3 Å². The second kappa shape index (κ2) is 5.94. The molecule has 1 aromatic carbocycles. The lowest BCUT2D eigenvalue weighted by Crippen LogP contribution is -2.32. The van der Waals surface area contributed by atoms with Gasteiger partial charge in [0.2, 0.25) is 11.8 Å². The summed E-state index contributed by atoms with van der Waals surface area (Å²) in [5, 5.41) is 5.65. The number of hydrogen-bond acceptors (Lipinski definition) is 3. The Morgan fingerprint density at radius 2 is 1.85 bits per heavy atom. The van der Waals surface area contributed by atoms with Gasteiger partial charge in [-0.2, -0.15) is 0 Å². The molecule has 0 spiro atoms. The number of ether oxygens (including phenoxy) is 1. The number of methoxy groups -OCH3 is 1. The fraction of sp³-hybridized carbons (Fsp3) is 0.467. The molecule has 1 aromatic rings. The van der Waals surface area contributed by atoms with Crippen LogP contribution in [-0.4, -0.2) is 25.0 Å². The van der Waals surface area contributed by atoms with E-state index in [0.29, 0.717) is 17.9 Å². The summed E-state index contributed by atoms with van der Waals surface area (Å²) in [5.74, 6) is 0.00836. The van der Waals surface area contributed by atoms with E-state index in [4.69, 9.17) is 4.74 Å². The maximum atomic E-state index is 12.1. The molecule has 0 radical (unpaired) electrons. The van der Waals surface area contributed by atoms with Crippen molar-refractivity contribution in [3.05, 3.63) is 24.3 Å². The van der Waals surface area contributed by atoms with Gasteiger partial charge in [0.15, 0.2) is 0 Å². The van der Waals surface area contributed by atoms with Crippen LogP contribution in [-0.2, 0) is 9.59 Å². The zero-order chi connectivity index (χ0) is 14.7. The molecule has 2 N–H and O–H groups in total. The molecule has 2 atom stereocenters. The van der Waals surface area contributed by atoms with Gasteiger partial charge in [-0.05, 0) is 32.4 Å². The largest absolute Gasteiger partial charge is 0.495 e. The second-order valence-corrected chi connectivity index (χ2v) is 5.30. The van der Waals surface area contributed by atoms with Gasteiger partial charge in [0.1, 0.15) is 5.75 Å². The molecule has 108 valence electrons. The van der Waals surface area contributed by atoms with E-state index >= 15 is 0 Å². The Labute approximate surface area is 118 Å². The molecule has 20 heavy (non-hydrogen) atoms. The molecule has 1 fully saturated rings. The third kappa shape index (κ3) is 3.29. The van der Waals surface area contributed by atoms with E-state index in [1.807, 2.05) is 26.0 Å². The van der Waals surface area contributed by atoms with Gasteiger partial charge in [0.25, 0.3) is 0 Å². The first-order chi connectivity index (χ1) is 9.52. The predicted octanol–water partition coefficient (Wildman–Crippen LogP) is 1.79. The van der Waals surface area contributed by atoms with Crippen LogP contribution in [0.3, 0.4) is 0 Å². The van der Waals surface area contributed by atoms with Gasteiger partial charge >= 0.3 is 0 Å². The van der Waals surface area contributed by atoms with Crippen LogP contribution in [0.25, 0.3) is 0 Å². The van der Waals surface area contributed by atoms with Crippen LogP contribution in [0.15, 0.2) is 24.3 Å². The molecule has 0 aliphatic heterocycles. The highest BCUT2D eigenvalue weighted by Crippen LogP contribution is 2.40. The van der Waals surface area contributed by atoms with Gasteiger partial charge in [-0.15, -0.1) is 0 Å². The minimum atomic E-state index is -0.237. The normalized spacial score (nSPS) is 20.4. The van der Waals surface area contributed by atoms with Crippen molar-refractivity contribution in [1.29, 1.82) is 0 Å². The zero-order valence-electron chi connectivity index (χ0n) is 12.0. The molecular formula is C15H20N2O3. The van der Waals surface area contributed by atoms with E-state index in [2.05, 4.69) is 10.6 Å². The average molecular weight is 276 g/mol. The number of para-hydroxylation sites is 2. The number of amides is 2. The molecule has 0 saturated heterocycles. The minimum absolute atomic E-state index is 0.0415. The van der Waals surface area contributed by atoms with Crippen LogP contribution < -0.4 is 15.4 Å². The Bertz CT molecular complexity index is 514. The van der Waals surface area contributed by atoms with E-state index in [0.717, 1.165) is 0 Å². The Morgan fingerprint density at radius 3 is 2.50 bits per heavy atom. The molecular weight excluding hydrogens is 256 g/mol. The molecule has 2 amide bonds. The van der Waals surface area contributed by atoms with Crippen molar-refractivity contribution in [2.24, 2.45) is 11.8 Å². The van der Waals surface area contributed by atoms with Crippen LogP contribution in [0.2, 0.25) is 0 Å². The summed E-state index contributed by atoms with van der Waals surface area (Å²) >= 11 is 0. The number of carbonyl (C=O) groups is 2. The van der Waals surface area contributed by atoms with Crippen molar-refractivity contribution in [1.82, 2.24) is 5.32 Å². The lowest BCUT2D eigenvalue weighted by atomic mass is 10.2. The van der Waals surface area contributed by atoms with Crippen molar-refractivity contribution >= 4 is 17.5 Å². The molecule has 5 nitrogen and oxygen atoms in total. The van der Waals surface area contributed by atoms with E-state index in [1.165, 1.54) is 0 Å². The summed E-state index contributed by atoms with van der Waals surface area (Å²) < 4.78 is 5.18. The number of rotatable bonds is 5. The Kier molecular flexibility index (Phi) is 4.27. The predicted molar refractivity (Wildman–Crippen MR) is 76.5 cm³/mol. The minimum Gasteiger partial charge on any atom is -0.495 e. The molecule has 1 aliphatic rings. The first-order valence-corrected chi connectivity index (χ1v) is 6.77. The van der Waals surface area contributed by atoms with Crippen molar-refractivity contribution in [2.45, 2.75) is 26.3 Å². The Hall–Kier alpha value is -2.04. The molecule has 5 heteroatoms. The van der Waals surface area contributed by atoms with Gasteiger partial charge in [0, 0.05) is 6.04 Å². The van der Waals surface area contributed by atoms with Gasteiger partial charge in [-0.25, -0.2) is 0 Å². The SMILES string of the molecule is COc1ccccc1NC(=O)C1CC1C(=O)NC(C)C. The molecule has 2 rings (SSSR count). The number of nitrogens with one attached hydrogen (secondary N) is 2. The maximum absolute atomic E-state index is 12.1. The summed E-state index contributed by atoms with van der Waals surface area (Å²) in [7, 11) is 1.56. The van der Waals surface area contributed by atoms with Crippen molar-refractivity contribution in [3.63, 3.8) is 0 Å². The van der Waals surface area contributed by atoms with Crippen molar-refractivity contribution in [3.8, 4) is 5.75 Å². The highest BCUT2D eigenvalue weighted by atomic mass is 16.5. The topological polar surface area (TPSA) is 67.4 Å². The molecule has 2 unspecified atom stereocenters. The quantitative estimate of drug-likeness (QED) is 0.861. The third-order valence-electron chi connectivity index (χ3n) is 3.26. The maximum Gasteiger partial charge on any atom is 0.228 e. The molecule has 0 heterocycles. The van der Waals surface area contributed by atoms with Gasteiger partial charge in [-0.1, -0.05) is 12.1 Å². The smallest absolute Gasteiger partial charge is 0.228 e. The number of anilines is 1. The number of benzene rings is 1. The van der Waals surface area contributed by atoms with Gasteiger partial charge in [-0.3, -0.25) is 9.59 Å². The molecule has 1 aliphatic carbocycles. The average Bonchev–Trinajstić information content (AvgIpc) is 3.19. The second-order valence-electron chi connectivity index (χ2n) is 5.30. The number of hydrogen-bond donors (Lipinski definition) is 2. The fourth-order valence-electron chi connectivity index (χ4n) is 2.14. The summed E-state index contributed by atoms with van der Waals surface area (Å²) in [6, 6.07) is 7.33. The van der Waals surface area contributed by atoms with E-state index in [1.54, 1.807) is 19.2 Å². The highest BCUT2D eigenvalue weighted by molar-refractivity contribution is 6.00. The molecule has 0 aromatic heterocycles. The Morgan fingerprint density at radius 1 is 1.20 bits per heavy atom. The summed E-state index contributed by atoms with van der Waals surface area (Å²) in [4.78, 5) is 23.9. The lowest BCUT2D eigenvalue weighted by molar-refractivity contribution is -0.125. The zero-order valence-corrected chi connectivity index (χ0v) is 12.0. The third-order valence-corrected chi connectivity index (χ3v) is 3.26. The first-order valence-electron chi connectivity index (χ1n) is 6.77. The standard InChI is InChI=1S/C15H20N2O3/c1-9(2)16-14(18)10-8-11(10)15(19)17-12-6-4-5-7-13(12)20-3/h4-7,9-11H,8H2,1-3H3,(H,16,18)(H,17,19). The van der Waals surface area contributed by atoms with E-state index < -0.39 is 0 Å². The monoisotopic (exact) mass is 276 g/mol. The van der Waals surface area contributed by atoms with Gasteiger partial charge in [0.05, 0.1) is 24.6 Å². The first kappa shape index (κ1) is 14.4. The summed E-state index contributed by atoms with van der Waals surface area (Å²) in [6.45, 7) is 3.81. The van der Waals surface area contributed by atoms with Crippen LogP contribution in [0.1, 0.15) is 20.3 Å². The molecule has 1 saturated carbocycles. The van der Waals surface area contributed by atoms with Crippen LogP contribution in [0.5, 0.6) is 5.75 Å². The van der Waals surface area contributed by atoms with Gasteiger partial charge < -0.3 is 15.4 Å². The fourth-order valence-corrected chi connectivity index (χ4v) is 2.14. The summed E-state index contributed by atoms with van der Waals surface area (Å²) in [6.07, 6.45) is 0.611. The van der Waals surface area contributed by atoms with Crippen molar-refractivity contribution in [2.75, 3.05) is 12.4 Å².